The average Bonchev–Trinajstić information content (AvgIpc) is 3.45. The van der Waals surface area contributed by atoms with Crippen LogP contribution in [-0.2, 0) is 4.79 Å². The van der Waals surface area contributed by atoms with Gasteiger partial charge in [0.05, 0.1) is 43.8 Å². The number of nitrogens with one attached hydrogen (secondary N) is 1. The van der Waals surface area contributed by atoms with Gasteiger partial charge in [-0.2, -0.15) is 4.98 Å². The van der Waals surface area contributed by atoms with Gasteiger partial charge < -0.3 is 14.6 Å². The van der Waals surface area contributed by atoms with Crippen molar-refractivity contribution in [3.63, 3.8) is 0 Å². The smallest absolute Gasteiger partial charge is 0.319 e. The Morgan fingerprint density at radius 1 is 1.13 bits per heavy atom. The molecule has 2 aliphatic rings. The fourth-order valence-corrected chi connectivity index (χ4v) is 5.18. The first-order chi connectivity index (χ1) is 18.3. The second-order valence-corrected chi connectivity index (χ2v) is 9.65. The van der Waals surface area contributed by atoms with E-state index in [0.717, 1.165) is 0 Å². The number of hydrogen-bond acceptors (Lipinski definition) is 8. The molecule has 0 radical (unpaired) electrons. The summed E-state index contributed by atoms with van der Waals surface area (Å²) in [5, 5.41) is 12.3. The Balaban J connectivity index is 1.75. The highest BCUT2D eigenvalue weighted by atomic mass is 35.5. The molecule has 1 saturated heterocycles. The highest BCUT2D eigenvalue weighted by Gasteiger charge is 2.53. The molecule has 0 bridgehead atoms. The van der Waals surface area contributed by atoms with E-state index in [1.807, 2.05) is 6.92 Å². The van der Waals surface area contributed by atoms with Crippen LogP contribution in [0.2, 0.25) is 10.0 Å². The molecule has 12 heteroatoms. The van der Waals surface area contributed by atoms with Crippen molar-refractivity contribution in [2.45, 2.75) is 19.0 Å². The number of carbonyl (C=O) groups is 1. The number of rotatable bonds is 7. The molecule has 2 aliphatic heterocycles. The molecule has 3 unspecified atom stereocenters. The van der Waals surface area contributed by atoms with Crippen LogP contribution in [-0.4, -0.2) is 47.8 Å². The third kappa shape index (κ3) is 4.23. The zero-order chi connectivity index (χ0) is 27.1. The van der Waals surface area contributed by atoms with E-state index < -0.39 is 29.7 Å². The predicted octanol–water partition coefficient (Wildman–Crippen LogP) is 4.30. The summed E-state index contributed by atoms with van der Waals surface area (Å²) >= 11 is 12.3. The van der Waals surface area contributed by atoms with Crippen LogP contribution in [0.15, 0.2) is 59.9 Å². The van der Waals surface area contributed by atoms with Gasteiger partial charge in [-0.25, -0.2) is 14.8 Å². The minimum Gasteiger partial charge on any atom is -0.479 e. The molecule has 3 atom stereocenters. The van der Waals surface area contributed by atoms with E-state index in [1.54, 1.807) is 35.3 Å². The topological polar surface area (TPSA) is 100 Å². The molecule has 198 valence electrons. The summed E-state index contributed by atoms with van der Waals surface area (Å²) in [4.78, 5) is 23.9. The van der Waals surface area contributed by atoms with Crippen molar-refractivity contribution in [3.05, 3.63) is 81.4 Å². The number of hydrogen-bond donors (Lipinski definition) is 2. The molecule has 9 nitrogen and oxygen atoms in total. The quantitative estimate of drug-likeness (QED) is 0.442. The summed E-state index contributed by atoms with van der Waals surface area (Å²) in [6, 6.07) is 9.99. The number of aliphatic hydroxyl groups excluding tert-OH is 1. The second kappa shape index (κ2) is 10.4. The third-order valence-corrected chi connectivity index (χ3v) is 7.13. The number of hydrazine groups is 1. The second-order valence-electron chi connectivity index (χ2n) is 8.81. The van der Waals surface area contributed by atoms with E-state index in [-0.39, 0.29) is 29.2 Å². The molecular weight excluding hydrogens is 536 g/mol. The molecule has 5 rings (SSSR count). The lowest BCUT2D eigenvalue weighted by molar-refractivity contribution is -0.118. The van der Waals surface area contributed by atoms with Crippen LogP contribution in [0.3, 0.4) is 0 Å². The first kappa shape index (κ1) is 26.2. The number of aliphatic hydroxyl groups is 1. The zero-order valence-corrected chi connectivity index (χ0v) is 22.2. The molecule has 2 N–H and O–H groups in total. The van der Waals surface area contributed by atoms with Gasteiger partial charge in [0.15, 0.2) is 5.82 Å². The maximum Gasteiger partial charge on any atom is 0.319 e. The average molecular weight is 560 g/mol. The minimum absolute atomic E-state index is 0.0408. The SMILES string of the molecule is COc1ncc(N2NC3C(=O)N(c4cccc(Cl)c4F)C(c4ccc(Cl)cc4)C3=C2C(C)CO)c(OC)n1. The molecule has 38 heavy (non-hydrogen) atoms. The van der Waals surface area contributed by atoms with Crippen LogP contribution < -0.4 is 24.8 Å². The van der Waals surface area contributed by atoms with E-state index in [9.17, 15) is 9.90 Å². The lowest BCUT2D eigenvalue weighted by atomic mass is 9.92. The largest absolute Gasteiger partial charge is 0.479 e. The molecule has 0 spiro atoms. The summed E-state index contributed by atoms with van der Waals surface area (Å²) in [5.41, 5.74) is 5.60. The van der Waals surface area contributed by atoms with Crippen LogP contribution in [0.5, 0.6) is 11.9 Å². The maximum atomic E-state index is 15.3. The fraction of sp³-hybridized carbons (Fsp3) is 0.269. The third-order valence-electron chi connectivity index (χ3n) is 6.59. The normalized spacial score (nSPS) is 19.7. The van der Waals surface area contributed by atoms with Crippen LogP contribution in [0.1, 0.15) is 18.5 Å². The molecule has 1 fully saturated rings. The Kier molecular flexibility index (Phi) is 7.15. The summed E-state index contributed by atoms with van der Waals surface area (Å²) < 4.78 is 25.9. The van der Waals surface area contributed by atoms with Gasteiger partial charge in [-0.05, 0) is 29.8 Å². The lowest BCUT2D eigenvalue weighted by Gasteiger charge is -2.32. The molecule has 0 saturated carbocycles. The highest BCUT2D eigenvalue weighted by Crippen LogP contribution is 2.49. The Bertz CT molecular complexity index is 1420. The van der Waals surface area contributed by atoms with Crippen molar-refractivity contribution < 1.29 is 23.8 Å². The summed E-state index contributed by atoms with van der Waals surface area (Å²) in [6.07, 6.45) is 1.50. The van der Waals surface area contributed by atoms with Crippen molar-refractivity contribution in [1.82, 2.24) is 15.4 Å². The maximum absolute atomic E-state index is 15.3. The number of benzene rings is 2. The van der Waals surface area contributed by atoms with Crippen molar-refractivity contribution in [2.75, 3.05) is 30.7 Å². The van der Waals surface area contributed by atoms with Gasteiger partial charge >= 0.3 is 6.01 Å². The van der Waals surface area contributed by atoms with Gasteiger partial charge in [0.1, 0.15) is 11.7 Å². The number of methoxy groups -OCH3 is 2. The summed E-state index contributed by atoms with van der Waals surface area (Å²) in [5.74, 6) is -1.36. The van der Waals surface area contributed by atoms with E-state index in [1.165, 1.54) is 37.4 Å². The number of halogens is 3. The van der Waals surface area contributed by atoms with Crippen molar-refractivity contribution >= 4 is 40.5 Å². The van der Waals surface area contributed by atoms with Crippen molar-refractivity contribution in [1.29, 1.82) is 0 Å². The first-order valence-electron chi connectivity index (χ1n) is 11.7. The predicted molar refractivity (Wildman–Crippen MR) is 141 cm³/mol. The molecule has 0 aliphatic carbocycles. The van der Waals surface area contributed by atoms with Crippen LogP contribution in [0, 0.1) is 11.7 Å². The Morgan fingerprint density at radius 2 is 1.87 bits per heavy atom. The summed E-state index contributed by atoms with van der Waals surface area (Å²) in [6.45, 7) is 1.60. The monoisotopic (exact) mass is 559 g/mol. The standard InChI is InChI=1S/C26H24Cl2FN5O4/c1-13(12-35)22-19-21(32-34(22)18-11-30-26(38-3)31-24(18)37-2)25(36)33(17-6-4-5-16(28)20(17)29)23(19)14-7-9-15(27)10-8-14/h4-11,13,21,23,32,35H,12H2,1-3H3. The Hall–Kier alpha value is -3.44. The van der Waals surface area contributed by atoms with E-state index in [2.05, 4.69) is 15.4 Å². The molecule has 3 aromatic rings. The number of aromatic nitrogens is 2. The molecule has 1 amide bonds. The van der Waals surface area contributed by atoms with Gasteiger partial charge in [-0.1, -0.05) is 48.3 Å². The van der Waals surface area contributed by atoms with Gasteiger partial charge in [-0.3, -0.25) is 14.7 Å². The lowest BCUT2D eigenvalue weighted by Crippen LogP contribution is -2.45. The van der Waals surface area contributed by atoms with Gasteiger partial charge in [0.2, 0.25) is 5.88 Å². The minimum atomic E-state index is -0.884. The van der Waals surface area contributed by atoms with Gasteiger partial charge in [0, 0.05) is 22.2 Å². The Labute approximate surface area is 228 Å². The number of carbonyl (C=O) groups excluding carboxylic acids is 1. The molecule has 2 aromatic carbocycles. The molecular formula is C26H24Cl2FN5O4. The number of ether oxygens (including phenoxy) is 2. The number of fused-ring (bicyclic) bond motifs is 1. The van der Waals surface area contributed by atoms with E-state index in [0.29, 0.717) is 27.5 Å². The van der Waals surface area contributed by atoms with Crippen molar-refractivity contribution in [2.24, 2.45) is 5.92 Å². The van der Waals surface area contributed by atoms with E-state index >= 15 is 4.39 Å². The van der Waals surface area contributed by atoms with Gasteiger partial charge in [0.25, 0.3) is 5.91 Å². The van der Waals surface area contributed by atoms with E-state index in [4.69, 9.17) is 32.7 Å². The first-order valence-corrected chi connectivity index (χ1v) is 12.4. The van der Waals surface area contributed by atoms with Crippen LogP contribution in [0.25, 0.3) is 0 Å². The Morgan fingerprint density at radius 3 is 2.53 bits per heavy atom. The number of nitrogens with zero attached hydrogens (tertiary/aromatic N) is 4. The fourth-order valence-electron chi connectivity index (χ4n) is 4.88. The molecule has 3 heterocycles. The number of amides is 1. The zero-order valence-electron chi connectivity index (χ0n) is 20.7. The van der Waals surface area contributed by atoms with Crippen LogP contribution in [0.4, 0.5) is 15.8 Å². The van der Waals surface area contributed by atoms with Crippen molar-refractivity contribution in [3.8, 4) is 11.9 Å². The van der Waals surface area contributed by atoms with Gasteiger partial charge in [-0.15, -0.1) is 0 Å². The molecule has 1 aromatic heterocycles. The summed E-state index contributed by atoms with van der Waals surface area (Å²) in [7, 11) is 2.89. The number of anilines is 2. The van der Waals surface area contributed by atoms with Crippen LogP contribution >= 0.6 is 23.2 Å². The highest BCUT2D eigenvalue weighted by molar-refractivity contribution is 6.31.